The molecule has 5 heteroatoms. The van der Waals surface area contributed by atoms with Crippen LogP contribution in [-0.4, -0.2) is 11.1 Å². The maximum Gasteiger partial charge on any atom is 0.371 e. The molecular weight excluding hydrogens is 244 g/mol. The van der Waals surface area contributed by atoms with Gasteiger partial charge < -0.3 is 14.3 Å². The van der Waals surface area contributed by atoms with E-state index in [0.29, 0.717) is 16.5 Å². The third-order valence-corrected chi connectivity index (χ3v) is 2.39. The predicted octanol–water partition coefficient (Wildman–Crippen LogP) is 3.21. The Labute approximate surface area is 102 Å². The van der Waals surface area contributed by atoms with Crippen molar-refractivity contribution in [2.45, 2.75) is 6.61 Å². The number of hydrogen-bond acceptors (Lipinski definition) is 3. The number of benzene rings is 1. The number of carboxylic acids is 1. The van der Waals surface area contributed by atoms with Crippen molar-refractivity contribution in [3.8, 4) is 5.75 Å². The van der Waals surface area contributed by atoms with Gasteiger partial charge in [-0.2, -0.15) is 0 Å². The molecule has 1 N–H and O–H groups in total. The summed E-state index contributed by atoms with van der Waals surface area (Å²) in [6.45, 7) is 0.136. The van der Waals surface area contributed by atoms with Crippen molar-refractivity contribution in [3.05, 3.63) is 52.9 Å². The topological polar surface area (TPSA) is 59.7 Å². The first-order chi connectivity index (χ1) is 8.16. The zero-order valence-electron chi connectivity index (χ0n) is 8.72. The normalized spacial score (nSPS) is 10.2. The Morgan fingerprint density at radius 3 is 2.71 bits per heavy atom. The maximum atomic E-state index is 10.6. The van der Waals surface area contributed by atoms with Crippen LogP contribution in [0, 0.1) is 0 Å². The van der Waals surface area contributed by atoms with Gasteiger partial charge in [0.15, 0.2) is 0 Å². The SMILES string of the molecule is O=C(O)c1ccc(COc2ccccc2Cl)o1. The molecule has 2 rings (SSSR count). The van der Waals surface area contributed by atoms with Gasteiger partial charge in [0, 0.05) is 0 Å². The summed E-state index contributed by atoms with van der Waals surface area (Å²) >= 11 is 5.90. The Hall–Kier alpha value is -1.94. The molecule has 0 aliphatic heterocycles. The second-order valence-electron chi connectivity index (χ2n) is 3.29. The molecule has 2 aromatic rings. The van der Waals surface area contributed by atoms with Crippen molar-refractivity contribution in [2.75, 3.05) is 0 Å². The first-order valence-corrected chi connectivity index (χ1v) is 5.24. The number of halogens is 1. The van der Waals surface area contributed by atoms with Crippen molar-refractivity contribution in [2.24, 2.45) is 0 Å². The van der Waals surface area contributed by atoms with Crippen molar-refractivity contribution in [1.82, 2.24) is 0 Å². The molecule has 0 spiro atoms. The smallest absolute Gasteiger partial charge is 0.371 e. The molecule has 0 atom stereocenters. The molecule has 0 aliphatic rings. The third-order valence-electron chi connectivity index (χ3n) is 2.08. The number of hydrogen-bond donors (Lipinski definition) is 1. The second kappa shape index (κ2) is 4.93. The van der Waals surface area contributed by atoms with E-state index in [1.165, 1.54) is 6.07 Å². The maximum absolute atomic E-state index is 10.6. The fourth-order valence-corrected chi connectivity index (χ4v) is 1.47. The Balaban J connectivity index is 2.02. The lowest BCUT2D eigenvalue weighted by Gasteiger charge is -2.05. The lowest BCUT2D eigenvalue weighted by Crippen LogP contribution is -1.95. The summed E-state index contributed by atoms with van der Waals surface area (Å²) in [5, 5.41) is 9.17. The molecule has 17 heavy (non-hydrogen) atoms. The van der Waals surface area contributed by atoms with Crippen molar-refractivity contribution in [1.29, 1.82) is 0 Å². The second-order valence-corrected chi connectivity index (χ2v) is 3.70. The standard InChI is InChI=1S/C12H9ClO4/c13-9-3-1-2-4-10(9)16-7-8-5-6-11(17-8)12(14)15/h1-6H,7H2,(H,14,15). The largest absolute Gasteiger partial charge is 0.484 e. The third kappa shape index (κ3) is 2.79. The molecule has 1 heterocycles. The highest BCUT2D eigenvalue weighted by Crippen LogP contribution is 2.24. The van der Waals surface area contributed by atoms with Crippen LogP contribution in [-0.2, 0) is 6.61 Å². The summed E-state index contributed by atoms with van der Waals surface area (Å²) < 4.78 is 10.4. The van der Waals surface area contributed by atoms with Gasteiger partial charge in [0.2, 0.25) is 5.76 Å². The van der Waals surface area contributed by atoms with E-state index >= 15 is 0 Å². The van der Waals surface area contributed by atoms with Gasteiger partial charge in [0.05, 0.1) is 5.02 Å². The Morgan fingerprint density at radius 2 is 2.06 bits per heavy atom. The molecule has 0 bridgehead atoms. The minimum Gasteiger partial charge on any atom is -0.484 e. The Morgan fingerprint density at radius 1 is 1.29 bits per heavy atom. The van der Waals surface area contributed by atoms with Crippen LogP contribution in [0.1, 0.15) is 16.3 Å². The monoisotopic (exact) mass is 252 g/mol. The summed E-state index contributed by atoms with van der Waals surface area (Å²) in [5.41, 5.74) is 0. The molecule has 4 nitrogen and oxygen atoms in total. The fourth-order valence-electron chi connectivity index (χ4n) is 1.28. The van der Waals surface area contributed by atoms with Gasteiger partial charge in [-0.3, -0.25) is 0 Å². The number of furan rings is 1. The van der Waals surface area contributed by atoms with Gasteiger partial charge in [-0.05, 0) is 24.3 Å². The van der Waals surface area contributed by atoms with E-state index in [-0.39, 0.29) is 12.4 Å². The van der Waals surface area contributed by atoms with Crippen LogP contribution in [0.2, 0.25) is 5.02 Å². The van der Waals surface area contributed by atoms with E-state index < -0.39 is 5.97 Å². The predicted molar refractivity (Wildman–Crippen MR) is 61.5 cm³/mol. The summed E-state index contributed by atoms with van der Waals surface area (Å²) in [6.07, 6.45) is 0. The van der Waals surface area contributed by atoms with Gasteiger partial charge in [0.1, 0.15) is 18.1 Å². The minimum absolute atomic E-state index is 0.109. The van der Waals surface area contributed by atoms with E-state index in [0.717, 1.165) is 0 Å². The van der Waals surface area contributed by atoms with E-state index in [2.05, 4.69) is 0 Å². The molecule has 0 amide bonds. The Kier molecular flexibility index (Phi) is 3.35. The van der Waals surface area contributed by atoms with Crippen LogP contribution in [0.4, 0.5) is 0 Å². The van der Waals surface area contributed by atoms with Crippen molar-refractivity contribution >= 4 is 17.6 Å². The molecule has 0 saturated heterocycles. The molecule has 0 radical (unpaired) electrons. The average molecular weight is 253 g/mol. The van der Waals surface area contributed by atoms with Crippen LogP contribution in [0.25, 0.3) is 0 Å². The molecule has 0 saturated carbocycles. The Bertz CT molecular complexity index is 533. The van der Waals surface area contributed by atoms with E-state index in [1.807, 2.05) is 0 Å². The summed E-state index contributed by atoms with van der Waals surface area (Å²) in [5.74, 6) is -0.249. The van der Waals surface area contributed by atoms with Gasteiger partial charge in [0.25, 0.3) is 0 Å². The van der Waals surface area contributed by atoms with Crippen LogP contribution in [0.3, 0.4) is 0 Å². The zero-order chi connectivity index (χ0) is 12.3. The molecule has 0 fully saturated rings. The highest BCUT2D eigenvalue weighted by Gasteiger charge is 2.09. The molecule has 0 unspecified atom stereocenters. The van der Waals surface area contributed by atoms with Gasteiger partial charge in [-0.15, -0.1) is 0 Å². The molecule has 0 aliphatic carbocycles. The van der Waals surface area contributed by atoms with Gasteiger partial charge in [-0.1, -0.05) is 23.7 Å². The zero-order valence-corrected chi connectivity index (χ0v) is 9.48. The highest BCUT2D eigenvalue weighted by atomic mass is 35.5. The average Bonchev–Trinajstić information content (AvgIpc) is 2.77. The minimum atomic E-state index is -1.10. The molecular formula is C12H9ClO4. The number of ether oxygens (including phenoxy) is 1. The number of rotatable bonds is 4. The van der Waals surface area contributed by atoms with Crippen LogP contribution < -0.4 is 4.74 Å². The van der Waals surface area contributed by atoms with Crippen LogP contribution in [0.5, 0.6) is 5.75 Å². The lowest BCUT2D eigenvalue weighted by molar-refractivity contribution is 0.0658. The number of aromatic carboxylic acids is 1. The first-order valence-electron chi connectivity index (χ1n) is 4.86. The van der Waals surface area contributed by atoms with E-state index in [4.69, 9.17) is 25.9 Å². The highest BCUT2D eigenvalue weighted by molar-refractivity contribution is 6.32. The summed E-state index contributed by atoms with van der Waals surface area (Å²) in [7, 11) is 0. The number of carbonyl (C=O) groups is 1. The summed E-state index contributed by atoms with van der Waals surface area (Å²) in [6, 6.07) is 9.97. The van der Waals surface area contributed by atoms with E-state index in [1.54, 1.807) is 30.3 Å². The van der Waals surface area contributed by atoms with Crippen molar-refractivity contribution < 1.29 is 19.1 Å². The number of carboxylic acid groups (broad SMARTS) is 1. The number of para-hydroxylation sites is 1. The van der Waals surface area contributed by atoms with Crippen molar-refractivity contribution in [3.63, 3.8) is 0 Å². The van der Waals surface area contributed by atoms with Gasteiger partial charge >= 0.3 is 5.97 Å². The fraction of sp³-hybridized carbons (Fsp3) is 0.0833. The molecule has 1 aromatic heterocycles. The molecule has 88 valence electrons. The summed E-state index contributed by atoms with van der Waals surface area (Å²) in [4.78, 5) is 10.6. The quantitative estimate of drug-likeness (QED) is 0.908. The first kappa shape index (κ1) is 11.5. The molecule has 1 aromatic carbocycles. The van der Waals surface area contributed by atoms with E-state index in [9.17, 15) is 4.79 Å². The lowest BCUT2D eigenvalue weighted by atomic mass is 10.3. The van der Waals surface area contributed by atoms with Crippen LogP contribution in [0.15, 0.2) is 40.8 Å². The van der Waals surface area contributed by atoms with Crippen LogP contribution >= 0.6 is 11.6 Å². The van der Waals surface area contributed by atoms with Gasteiger partial charge in [-0.25, -0.2) is 4.79 Å².